The average molecular weight is 261 g/mol. The zero-order valence-electron chi connectivity index (χ0n) is 7.71. The van der Waals surface area contributed by atoms with Gasteiger partial charge in [-0.05, 0) is 24.4 Å². The van der Waals surface area contributed by atoms with E-state index < -0.39 is 17.9 Å². The summed E-state index contributed by atoms with van der Waals surface area (Å²) in [5.74, 6) is -1.05. The molecule has 0 aliphatic heterocycles. The summed E-state index contributed by atoms with van der Waals surface area (Å²) in [6.07, 6.45) is 0. The first-order valence-electron chi connectivity index (χ1n) is 3.68. The molecule has 0 fully saturated rings. The summed E-state index contributed by atoms with van der Waals surface area (Å²) in [5.41, 5.74) is 0. The van der Waals surface area contributed by atoms with Crippen molar-refractivity contribution in [1.29, 1.82) is 0 Å². The fourth-order valence-electron chi connectivity index (χ4n) is 0.783. The Hall–Kier alpha value is -0.910. The number of nitrogens with zero attached hydrogens (tertiary/aromatic N) is 3. The van der Waals surface area contributed by atoms with Crippen LogP contribution >= 0.6 is 37.1 Å². The van der Waals surface area contributed by atoms with E-state index in [9.17, 15) is 9.59 Å². The van der Waals surface area contributed by atoms with Gasteiger partial charge in [0, 0.05) is 12.7 Å². The third-order valence-electron chi connectivity index (χ3n) is 1.38. The van der Waals surface area contributed by atoms with E-state index in [1.54, 1.807) is 0 Å². The van der Waals surface area contributed by atoms with Gasteiger partial charge in [-0.15, -0.1) is 5.10 Å². The van der Waals surface area contributed by atoms with Gasteiger partial charge in [0.1, 0.15) is 6.04 Å². The number of amides is 2. The highest BCUT2D eigenvalue weighted by molar-refractivity contribution is 7.80. The minimum Gasteiger partial charge on any atom is -0.273 e. The van der Waals surface area contributed by atoms with Crippen LogP contribution in [0.5, 0.6) is 0 Å². The molecule has 80 valence electrons. The standard InChI is InChI=1S/C7H7N3O2S3/c1-5(11)10(9-4-15)6(2-13)7(12)8-3-14/h6,13H,2H2,1H3/t6-/m0/s1. The van der Waals surface area contributed by atoms with Gasteiger partial charge >= 0.3 is 0 Å². The second-order valence-corrected chi connectivity index (χ2v) is 3.02. The molecule has 0 aliphatic rings. The normalized spacial score (nSPS) is 10.5. The Bertz CT molecular complexity index is 356. The Kier molecular flexibility index (Phi) is 6.94. The van der Waals surface area contributed by atoms with Gasteiger partial charge in [0.15, 0.2) is 0 Å². The predicted molar refractivity (Wildman–Crippen MR) is 65.2 cm³/mol. The van der Waals surface area contributed by atoms with Crippen LogP contribution in [0.15, 0.2) is 10.1 Å². The van der Waals surface area contributed by atoms with E-state index in [4.69, 9.17) is 0 Å². The Morgan fingerprint density at radius 2 is 2.07 bits per heavy atom. The van der Waals surface area contributed by atoms with E-state index in [1.807, 2.05) is 10.3 Å². The van der Waals surface area contributed by atoms with Crippen molar-refractivity contribution < 1.29 is 9.59 Å². The third-order valence-corrected chi connectivity index (χ3v) is 1.90. The van der Waals surface area contributed by atoms with Gasteiger partial charge < -0.3 is 0 Å². The molecule has 0 aromatic heterocycles. The van der Waals surface area contributed by atoms with Crippen LogP contribution in [0.1, 0.15) is 6.92 Å². The largest absolute Gasteiger partial charge is 0.280 e. The van der Waals surface area contributed by atoms with Crippen molar-refractivity contribution in [2.45, 2.75) is 13.0 Å². The lowest BCUT2D eigenvalue weighted by Crippen LogP contribution is -2.41. The number of carbonyl (C=O) groups excluding carboxylic acids is 2. The quantitative estimate of drug-likeness (QED) is 0.351. The first kappa shape index (κ1) is 14.1. The van der Waals surface area contributed by atoms with Crippen molar-refractivity contribution in [2.75, 3.05) is 5.75 Å². The lowest BCUT2D eigenvalue weighted by Gasteiger charge is -2.20. The highest BCUT2D eigenvalue weighted by atomic mass is 32.1. The Balaban J connectivity index is 5.05. The Morgan fingerprint density at radius 1 is 1.47 bits per heavy atom. The van der Waals surface area contributed by atoms with Crippen LogP contribution in [0.3, 0.4) is 0 Å². The summed E-state index contributed by atoms with van der Waals surface area (Å²) in [6, 6.07) is -0.934. The Labute approximate surface area is 103 Å². The smallest absolute Gasteiger partial charge is 0.273 e. The molecular formula is C7H7N3O2S3. The van der Waals surface area contributed by atoms with Crippen LogP contribution in [-0.2, 0) is 9.59 Å². The van der Waals surface area contributed by atoms with E-state index in [1.165, 1.54) is 6.92 Å². The van der Waals surface area contributed by atoms with Crippen molar-refractivity contribution >= 4 is 59.2 Å². The van der Waals surface area contributed by atoms with Gasteiger partial charge in [-0.2, -0.15) is 17.6 Å². The lowest BCUT2D eigenvalue weighted by molar-refractivity contribution is -0.136. The maximum atomic E-state index is 11.3. The van der Waals surface area contributed by atoms with Crippen LogP contribution in [0.25, 0.3) is 0 Å². The molecule has 0 spiro atoms. The number of isothiocyanates is 2. The summed E-state index contributed by atoms with van der Waals surface area (Å²) in [4.78, 5) is 25.7. The molecule has 1 atom stereocenters. The maximum absolute atomic E-state index is 11.3. The number of aliphatic imine (C=N–C) groups is 1. The topological polar surface area (TPSA) is 62.1 Å². The van der Waals surface area contributed by atoms with E-state index in [-0.39, 0.29) is 5.75 Å². The minimum atomic E-state index is -0.934. The second-order valence-electron chi connectivity index (χ2n) is 2.29. The fourth-order valence-corrected chi connectivity index (χ4v) is 1.27. The highest BCUT2D eigenvalue weighted by Crippen LogP contribution is 2.05. The molecule has 0 saturated heterocycles. The molecule has 15 heavy (non-hydrogen) atoms. The number of carbonyl (C=O) groups is 2. The molecule has 0 N–H and O–H groups in total. The average Bonchev–Trinajstić information content (AvgIpc) is 2.18. The molecular weight excluding hydrogens is 254 g/mol. The molecule has 0 aliphatic carbocycles. The van der Waals surface area contributed by atoms with Gasteiger partial charge in [0.05, 0.1) is 10.3 Å². The Morgan fingerprint density at radius 3 is 2.40 bits per heavy atom. The number of thiol groups is 1. The molecule has 0 rings (SSSR count). The molecule has 0 radical (unpaired) electrons. The first-order chi connectivity index (χ1) is 7.08. The minimum absolute atomic E-state index is 0.0550. The number of hydrogen-bond acceptors (Lipinski definition) is 6. The van der Waals surface area contributed by atoms with Crippen LogP contribution in [-0.4, -0.2) is 38.9 Å². The van der Waals surface area contributed by atoms with E-state index in [2.05, 4.69) is 47.2 Å². The van der Waals surface area contributed by atoms with Crippen molar-refractivity contribution in [3.05, 3.63) is 0 Å². The SMILES string of the molecule is CC(=O)N(N=C=S)[C@@H](CS)C(=O)N=C=S. The van der Waals surface area contributed by atoms with Gasteiger partial charge in [0.2, 0.25) is 5.91 Å². The molecule has 2 amide bonds. The van der Waals surface area contributed by atoms with Crippen LogP contribution in [0, 0.1) is 0 Å². The van der Waals surface area contributed by atoms with Crippen molar-refractivity contribution in [3.8, 4) is 0 Å². The van der Waals surface area contributed by atoms with Gasteiger partial charge in [-0.1, -0.05) is 0 Å². The summed E-state index contributed by atoms with van der Waals surface area (Å²) in [5, 5.41) is 8.23. The lowest BCUT2D eigenvalue weighted by atomic mass is 10.3. The van der Waals surface area contributed by atoms with Crippen molar-refractivity contribution in [2.24, 2.45) is 10.1 Å². The fraction of sp³-hybridized carbons (Fsp3) is 0.429. The highest BCUT2D eigenvalue weighted by Gasteiger charge is 2.26. The zero-order chi connectivity index (χ0) is 11.8. The number of rotatable bonds is 4. The molecule has 0 heterocycles. The molecule has 0 aromatic carbocycles. The molecule has 0 aromatic rings. The van der Waals surface area contributed by atoms with Crippen LogP contribution in [0.2, 0.25) is 0 Å². The summed E-state index contributed by atoms with van der Waals surface area (Å²) < 4.78 is 0. The summed E-state index contributed by atoms with van der Waals surface area (Å²) >= 11 is 12.5. The monoisotopic (exact) mass is 261 g/mol. The number of hydrogen-bond donors (Lipinski definition) is 1. The van der Waals surface area contributed by atoms with E-state index >= 15 is 0 Å². The predicted octanol–water partition coefficient (Wildman–Crippen LogP) is 0.780. The van der Waals surface area contributed by atoms with Crippen molar-refractivity contribution in [1.82, 2.24) is 5.01 Å². The van der Waals surface area contributed by atoms with Gasteiger partial charge in [-0.3, -0.25) is 9.59 Å². The molecule has 8 heteroatoms. The molecule has 0 saturated carbocycles. The maximum Gasteiger partial charge on any atom is 0.280 e. The zero-order valence-corrected chi connectivity index (χ0v) is 10.2. The van der Waals surface area contributed by atoms with Crippen LogP contribution in [0.4, 0.5) is 0 Å². The van der Waals surface area contributed by atoms with E-state index in [0.717, 1.165) is 5.01 Å². The van der Waals surface area contributed by atoms with E-state index in [0.29, 0.717) is 0 Å². The van der Waals surface area contributed by atoms with Crippen LogP contribution < -0.4 is 0 Å². The van der Waals surface area contributed by atoms with Crippen molar-refractivity contribution in [3.63, 3.8) is 0 Å². The summed E-state index contributed by atoms with van der Waals surface area (Å²) in [7, 11) is 0. The third kappa shape index (κ3) is 4.42. The number of hydrazone groups is 1. The second kappa shape index (κ2) is 7.39. The van der Waals surface area contributed by atoms with Gasteiger partial charge in [0.25, 0.3) is 5.91 Å². The molecule has 5 nitrogen and oxygen atoms in total. The van der Waals surface area contributed by atoms with Gasteiger partial charge in [-0.25, -0.2) is 5.01 Å². The summed E-state index contributed by atoms with van der Waals surface area (Å²) in [6.45, 7) is 1.24. The first-order valence-corrected chi connectivity index (χ1v) is 5.13. The molecule has 0 unspecified atom stereocenters. The molecule has 0 bridgehead atoms. The number of thiocarbonyl (C=S) groups is 2.